The van der Waals surface area contributed by atoms with E-state index in [1.807, 2.05) is 36.4 Å². The van der Waals surface area contributed by atoms with E-state index in [1.54, 1.807) is 0 Å². The molecule has 3 heteroatoms. The first kappa shape index (κ1) is 15.1. The van der Waals surface area contributed by atoms with Crippen LogP contribution in [0, 0.1) is 6.92 Å². The molecule has 0 aliphatic rings. The number of halogens is 1. The molecule has 0 amide bonds. The molecule has 0 saturated heterocycles. The third kappa shape index (κ3) is 3.62. The Labute approximate surface area is 129 Å². The van der Waals surface area contributed by atoms with Gasteiger partial charge in [-0.05, 0) is 36.6 Å². The van der Waals surface area contributed by atoms with Gasteiger partial charge in [-0.2, -0.15) is 0 Å². The number of rotatable bonds is 5. The molecule has 0 saturated carbocycles. The number of nitrogens with zero attached hydrogens (tertiary/aromatic N) is 1. The van der Waals surface area contributed by atoms with E-state index in [1.165, 1.54) is 11.3 Å². The minimum atomic E-state index is -0.447. The molecular weight excluding hydrogens is 314 g/mol. The number of para-hydroxylation sites is 1. The summed E-state index contributed by atoms with van der Waals surface area (Å²) in [5.41, 5.74) is 3.42. The molecule has 0 aliphatic heterocycles. The van der Waals surface area contributed by atoms with E-state index in [2.05, 4.69) is 46.9 Å². The smallest absolute Gasteiger partial charge is 0.0817 e. The second-order valence-electron chi connectivity index (χ2n) is 5.03. The highest BCUT2D eigenvalue weighted by Crippen LogP contribution is 2.26. The molecule has 0 aliphatic carbocycles. The Kier molecular flexibility index (Phi) is 5.21. The lowest BCUT2D eigenvalue weighted by molar-refractivity contribution is 0.169. The van der Waals surface area contributed by atoms with Crippen molar-refractivity contribution in [3.63, 3.8) is 0 Å². The van der Waals surface area contributed by atoms with Crippen LogP contribution in [0.5, 0.6) is 0 Å². The van der Waals surface area contributed by atoms with Crippen molar-refractivity contribution < 1.29 is 5.11 Å². The van der Waals surface area contributed by atoms with Crippen molar-refractivity contribution in [1.82, 2.24) is 0 Å². The molecule has 1 atom stereocenters. The Hall–Kier alpha value is -1.32. The van der Waals surface area contributed by atoms with Gasteiger partial charge < -0.3 is 10.0 Å². The SMILES string of the molecule is Cc1ccccc1N(C)CCC(O)c1ccccc1Br. The summed E-state index contributed by atoms with van der Waals surface area (Å²) < 4.78 is 0.964. The van der Waals surface area contributed by atoms with Crippen LogP contribution in [0.1, 0.15) is 23.7 Å². The first-order chi connectivity index (χ1) is 9.59. The van der Waals surface area contributed by atoms with E-state index in [-0.39, 0.29) is 0 Å². The van der Waals surface area contributed by atoms with Crippen molar-refractivity contribution in [3.8, 4) is 0 Å². The molecule has 0 heterocycles. The maximum atomic E-state index is 10.3. The van der Waals surface area contributed by atoms with E-state index in [0.717, 1.165) is 16.6 Å². The third-order valence-electron chi connectivity index (χ3n) is 3.53. The average Bonchev–Trinajstić information content (AvgIpc) is 2.45. The minimum absolute atomic E-state index is 0.447. The van der Waals surface area contributed by atoms with Gasteiger partial charge in [-0.25, -0.2) is 0 Å². The van der Waals surface area contributed by atoms with Crippen molar-refractivity contribution >= 4 is 21.6 Å². The van der Waals surface area contributed by atoms with Crippen LogP contribution in [0.15, 0.2) is 53.0 Å². The van der Waals surface area contributed by atoms with E-state index in [0.29, 0.717) is 6.42 Å². The number of aliphatic hydroxyl groups excluding tert-OH is 1. The van der Waals surface area contributed by atoms with Crippen LogP contribution in [0.4, 0.5) is 5.69 Å². The molecule has 2 nitrogen and oxygen atoms in total. The quantitative estimate of drug-likeness (QED) is 0.880. The van der Waals surface area contributed by atoms with Crippen molar-refractivity contribution in [3.05, 3.63) is 64.1 Å². The largest absolute Gasteiger partial charge is 0.388 e. The maximum absolute atomic E-state index is 10.3. The minimum Gasteiger partial charge on any atom is -0.388 e. The Morgan fingerprint density at radius 1 is 1.10 bits per heavy atom. The van der Waals surface area contributed by atoms with Crippen LogP contribution >= 0.6 is 15.9 Å². The zero-order chi connectivity index (χ0) is 14.5. The Morgan fingerprint density at radius 3 is 2.45 bits per heavy atom. The second-order valence-corrected chi connectivity index (χ2v) is 5.89. The summed E-state index contributed by atoms with van der Waals surface area (Å²) in [4.78, 5) is 2.19. The van der Waals surface area contributed by atoms with Gasteiger partial charge in [0.15, 0.2) is 0 Å². The molecular formula is C17H20BrNO. The predicted octanol–water partition coefficient (Wildman–Crippen LogP) is 4.32. The fourth-order valence-corrected chi connectivity index (χ4v) is 2.88. The fraction of sp³-hybridized carbons (Fsp3) is 0.294. The van der Waals surface area contributed by atoms with Crippen molar-refractivity contribution in [2.24, 2.45) is 0 Å². The molecule has 20 heavy (non-hydrogen) atoms. The monoisotopic (exact) mass is 333 g/mol. The van der Waals surface area contributed by atoms with Gasteiger partial charge in [0, 0.05) is 23.8 Å². The molecule has 0 radical (unpaired) electrons. The van der Waals surface area contributed by atoms with Gasteiger partial charge in [0.25, 0.3) is 0 Å². The zero-order valence-corrected chi connectivity index (χ0v) is 13.5. The van der Waals surface area contributed by atoms with Crippen molar-refractivity contribution in [2.45, 2.75) is 19.4 Å². The van der Waals surface area contributed by atoms with E-state index in [4.69, 9.17) is 0 Å². The van der Waals surface area contributed by atoms with Gasteiger partial charge in [-0.3, -0.25) is 0 Å². The molecule has 106 valence electrons. The summed E-state index contributed by atoms with van der Waals surface area (Å²) in [6.45, 7) is 2.92. The van der Waals surface area contributed by atoms with Crippen LogP contribution < -0.4 is 4.90 Å². The maximum Gasteiger partial charge on any atom is 0.0817 e. The summed E-state index contributed by atoms with van der Waals surface area (Å²) in [6.07, 6.45) is 0.255. The highest BCUT2D eigenvalue weighted by molar-refractivity contribution is 9.10. The van der Waals surface area contributed by atoms with Gasteiger partial charge in [0.2, 0.25) is 0 Å². The number of benzene rings is 2. The molecule has 2 rings (SSSR count). The van der Waals surface area contributed by atoms with Crippen molar-refractivity contribution in [2.75, 3.05) is 18.5 Å². The highest BCUT2D eigenvalue weighted by Gasteiger charge is 2.12. The Balaban J connectivity index is 1.99. The number of hydrogen-bond donors (Lipinski definition) is 1. The number of aliphatic hydroxyl groups is 1. The zero-order valence-electron chi connectivity index (χ0n) is 11.9. The Bertz CT molecular complexity index is 519. The van der Waals surface area contributed by atoms with Crippen LogP contribution in [-0.2, 0) is 0 Å². The molecule has 0 bridgehead atoms. The Morgan fingerprint density at radius 2 is 1.75 bits per heavy atom. The summed E-state index contributed by atoms with van der Waals surface area (Å²) in [5, 5.41) is 10.3. The van der Waals surface area contributed by atoms with E-state index < -0.39 is 6.10 Å². The van der Waals surface area contributed by atoms with Gasteiger partial charge in [-0.1, -0.05) is 52.3 Å². The fourth-order valence-electron chi connectivity index (χ4n) is 2.33. The molecule has 2 aromatic rings. The van der Waals surface area contributed by atoms with Crippen LogP contribution in [0.25, 0.3) is 0 Å². The number of aryl methyl sites for hydroxylation is 1. The number of anilines is 1. The molecule has 1 unspecified atom stereocenters. The molecule has 0 fully saturated rings. The summed E-state index contributed by atoms with van der Waals surface area (Å²) in [6, 6.07) is 16.1. The van der Waals surface area contributed by atoms with Gasteiger partial charge >= 0.3 is 0 Å². The third-order valence-corrected chi connectivity index (χ3v) is 4.25. The number of hydrogen-bond acceptors (Lipinski definition) is 2. The lowest BCUT2D eigenvalue weighted by atomic mass is 10.1. The van der Waals surface area contributed by atoms with E-state index >= 15 is 0 Å². The summed E-state index contributed by atoms with van der Waals surface area (Å²) in [5.74, 6) is 0. The lowest BCUT2D eigenvalue weighted by Gasteiger charge is -2.23. The van der Waals surface area contributed by atoms with Crippen molar-refractivity contribution in [1.29, 1.82) is 0 Å². The molecule has 2 aromatic carbocycles. The van der Waals surface area contributed by atoms with Gasteiger partial charge in [-0.15, -0.1) is 0 Å². The molecule has 0 aromatic heterocycles. The first-order valence-electron chi connectivity index (χ1n) is 6.79. The van der Waals surface area contributed by atoms with Crippen LogP contribution in [0.3, 0.4) is 0 Å². The normalized spacial score (nSPS) is 12.2. The summed E-state index contributed by atoms with van der Waals surface area (Å²) in [7, 11) is 2.06. The standard InChI is InChI=1S/C17H20BrNO/c1-13-7-3-6-10-16(13)19(2)12-11-17(20)14-8-4-5-9-15(14)18/h3-10,17,20H,11-12H2,1-2H3. The van der Waals surface area contributed by atoms with Crippen LogP contribution in [0.2, 0.25) is 0 Å². The van der Waals surface area contributed by atoms with Crippen LogP contribution in [-0.4, -0.2) is 18.7 Å². The molecule has 1 N–H and O–H groups in total. The van der Waals surface area contributed by atoms with Gasteiger partial charge in [0.05, 0.1) is 6.10 Å². The molecule has 0 spiro atoms. The highest BCUT2D eigenvalue weighted by atomic mass is 79.9. The first-order valence-corrected chi connectivity index (χ1v) is 7.58. The summed E-state index contributed by atoms with van der Waals surface area (Å²) >= 11 is 3.49. The lowest BCUT2D eigenvalue weighted by Crippen LogP contribution is -2.21. The van der Waals surface area contributed by atoms with Gasteiger partial charge in [0.1, 0.15) is 0 Å². The average molecular weight is 334 g/mol. The predicted molar refractivity (Wildman–Crippen MR) is 88.2 cm³/mol. The topological polar surface area (TPSA) is 23.5 Å². The second kappa shape index (κ2) is 6.91. The van der Waals surface area contributed by atoms with E-state index in [9.17, 15) is 5.11 Å².